The fourth-order valence-corrected chi connectivity index (χ4v) is 3.99. The number of aromatic nitrogens is 2. The standard InChI is InChI=1S/C23H17BrN2/c24-20-11-9-19(10-12-20)23(25-15-13-17-5-1-3-7-21(17)25)26-16-14-18-6-2-4-8-22(18)26/h1-16,23H. The van der Waals surface area contributed by atoms with Crippen molar-refractivity contribution in [1.29, 1.82) is 0 Å². The Morgan fingerprint density at radius 3 is 1.62 bits per heavy atom. The summed E-state index contributed by atoms with van der Waals surface area (Å²) >= 11 is 3.56. The summed E-state index contributed by atoms with van der Waals surface area (Å²) in [6.45, 7) is 0. The van der Waals surface area contributed by atoms with Gasteiger partial charge in [-0.15, -0.1) is 0 Å². The van der Waals surface area contributed by atoms with Gasteiger partial charge < -0.3 is 9.13 Å². The lowest BCUT2D eigenvalue weighted by Gasteiger charge is -2.24. The molecule has 0 saturated carbocycles. The van der Waals surface area contributed by atoms with Crippen LogP contribution < -0.4 is 0 Å². The number of para-hydroxylation sites is 2. The third-order valence-corrected chi connectivity index (χ3v) is 5.48. The molecule has 0 aliphatic heterocycles. The van der Waals surface area contributed by atoms with Crippen molar-refractivity contribution in [3.63, 3.8) is 0 Å². The molecule has 2 nitrogen and oxygen atoms in total. The molecule has 0 spiro atoms. The molecule has 2 heterocycles. The number of fused-ring (bicyclic) bond motifs is 2. The Hall–Kier alpha value is -2.78. The van der Waals surface area contributed by atoms with E-state index in [1.807, 2.05) is 0 Å². The molecule has 0 saturated heterocycles. The van der Waals surface area contributed by atoms with Gasteiger partial charge in [0.15, 0.2) is 0 Å². The van der Waals surface area contributed by atoms with E-state index in [-0.39, 0.29) is 6.17 Å². The van der Waals surface area contributed by atoms with Gasteiger partial charge in [0.25, 0.3) is 0 Å². The second-order valence-electron chi connectivity index (χ2n) is 6.49. The van der Waals surface area contributed by atoms with E-state index in [0.717, 1.165) is 4.47 Å². The fraction of sp³-hybridized carbons (Fsp3) is 0.0435. The Morgan fingerprint density at radius 1 is 0.577 bits per heavy atom. The Balaban J connectivity index is 1.79. The molecule has 0 aliphatic rings. The van der Waals surface area contributed by atoms with Crippen molar-refractivity contribution in [2.75, 3.05) is 0 Å². The summed E-state index contributed by atoms with van der Waals surface area (Å²) in [4.78, 5) is 0. The van der Waals surface area contributed by atoms with Crippen LogP contribution in [-0.2, 0) is 0 Å². The highest BCUT2D eigenvalue weighted by atomic mass is 79.9. The molecule has 0 fully saturated rings. The van der Waals surface area contributed by atoms with E-state index >= 15 is 0 Å². The average Bonchev–Trinajstić information content (AvgIpc) is 3.29. The van der Waals surface area contributed by atoms with E-state index < -0.39 is 0 Å². The molecule has 0 radical (unpaired) electrons. The zero-order valence-corrected chi connectivity index (χ0v) is 15.7. The van der Waals surface area contributed by atoms with Gasteiger partial charge in [0, 0.05) is 16.9 Å². The van der Waals surface area contributed by atoms with Gasteiger partial charge in [0.1, 0.15) is 6.17 Å². The highest BCUT2D eigenvalue weighted by Crippen LogP contribution is 2.31. The van der Waals surface area contributed by atoms with Crippen molar-refractivity contribution in [2.24, 2.45) is 0 Å². The van der Waals surface area contributed by atoms with E-state index in [9.17, 15) is 0 Å². The maximum atomic E-state index is 3.56. The highest BCUT2D eigenvalue weighted by Gasteiger charge is 2.19. The zero-order valence-electron chi connectivity index (χ0n) is 14.1. The quantitative estimate of drug-likeness (QED) is 0.329. The lowest BCUT2D eigenvalue weighted by atomic mass is 10.1. The molecule has 0 atom stereocenters. The van der Waals surface area contributed by atoms with Crippen LogP contribution in [0.3, 0.4) is 0 Å². The lowest BCUT2D eigenvalue weighted by molar-refractivity contribution is 0.534. The Labute approximate surface area is 160 Å². The SMILES string of the molecule is Brc1ccc(C(n2ccc3ccccc32)n2ccc3ccccc32)cc1. The summed E-state index contributed by atoms with van der Waals surface area (Å²) in [7, 11) is 0. The monoisotopic (exact) mass is 400 g/mol. The molecule has 0 unspecified atom stereocenters. The molecule has 3 heteroatoms. The maximum absolute atomic E-state index is 3.56. The molecule has 0 amide bonds. The minimum atomic E-state index is 0.0582. The van der Waals surface area contributed by atoms with Crippen molar-refractivity contribution < 1.29 is 0 Å². The van der Waals surface area contributed by atoms with Crippen molar-refractivity contribution in [3.8, 4) is 0 Å². The molecule has 0 bridgehead atoms. The summed E-state index contributed by atoms with van der Waals surface area (Å²) in [5.74, 6) is 0. The largest absolute Gasteiger partial charge is 0.322 e. The normalized spacial score (nSPS) is 11.6. The maximum Gasteiger partial charge on any atom is 0.136 e. The summed E-state index contributed by atoms with van der Waals surface area (Å²) < 4.78 is 5.80. The number of hydrogen-bond donors (Lipinski definition) is 0. The third kappa shape index (κ3) is 2.47. The molecule has 0 N–H and O–H groups in total. The number of halogens is 1. The van der Waals surface area contributed by atoms with Gasteiger partial charge >= 0.3 is 0 Å². The molecule has 5 rings (SSSR count). The predicted octanol–water partition coefficient (Wildman–Crippen LogP) is 6.45. The van der Waals surface area contributed by atoms with Gasteiger partial charge in [-0.1, -0.05) is 64.5 Å². The van der Waals surface area contributed by atoms with Gasteiger partial charge in [-0.2, -0.15) is 0 Å². The minimum absolute atomic E-state index is 0.0582. The van der Waals surface area contributed by atoms with E-state index in [4.69, 9.17) is 0 Å². The summed E-state index contributed by atoms with van der Waals surface area (Å²) in [5, 5.41) is 2.51. The summed E-state index contributed by atoms with van der Waals surface area (Å²) in [5.41, 5.74) is 3.72. The van der Waals surface area contributed by atoms with Gasteiger partial charge in [0.2, 0.25) is 0 Å². The molecular weight excluding hydrogens is 384 g/mol. The van der Waals surface area contributed by atoms with Crippen LogP contribution in [0, 0.1) is 0 Å². The number of benzene rings is 3. The van der Waals surface area contributed by atoms with Crippen LogP contribution in [0.4, 0.5) is 0 Å². The van der Waals surface area contributed by atoms with Crippen LogP contribution in [0.1, 0.15) is 11.7 Å². The van der Waals surface area contributed by atoms with Crippen LogP contribution >= 0.6 is 15.9 Å². The number of nitrogens with zero attached hydrogens (tertiary/aromatic N) is 2. The van der Waals surface area contributed by atoms with Crippen LogP contribution in [0.5, 0.6) is 0 Å². The third-order valence-electron chi connectivity index (χ3n) is 4.95. The van der Waals surface area contributed by atoms with E-state index in [1.54, 1.807) is 0 Å². The zero-order chi connectivity index (χ0) is 17.5. The Morgan fingerprint density at radius 2 is 1.08 bits per heavy atom. The van der Waals surface area contributed by atoms with Gasteiger partial charge in [-0.25, -0.2) is 0 Å². The molecule has 26 heavy (non-hydrogen) atoms. The van der Waals surface area contributed by atoms with E-state index in [1.165, 1.54) is 27.4 Å². The fourth-order valence-electron chi connectivity index (χ4n) is 3.73. The second kappa shape index (κ2) is 6.19. The van der Waals surface area contributed by atoms with Gasteiger partial charge in [-0.3, -0.25) is 0 Å². The summed E-state index contributed by atoms with van der Waals surface area (Å²) in [6, 6.07) is 30.1. The Kier molecular flexibility index (Phi) is 3.68. The molecular formula is C23H17BrN2. The number of hydrogen-bond acceptors (Lipinski definition) is 0. The first-order valence-electron chi connectivity index (χ1n) is 8.68. The molecule has 2 aromatic heterocycles. The smallest absolute Gasteiger partial charge is 0.136 e. The number of rotatable bonds is 3. The van der Waals surface area contributed by atoms with Crippen molar-refractivity contribution in [1.82, 2.24) is 9.13 Å². The predicted molar refractivity (Wildman–Crippen MR) is 112 cm³/mol. The molecule has 0 aliphatic carbocycles. The van der Waals surface area contributed by atoms with Crippen molar-refractivity contribution >= 4 is 37.7 Å². The van der Waals surface area contributed by atoms with Crippen molar-refractivity contribution in [3.05, 3.63) is 107 Å². The molecule has 5 aromatic rings. The van der Waals surface area contributed by atoms with Crippen LogP contribution in [0.2, 0.25) is 0 Å². The van der Waals surface area contributed by atoms with Crippen LogP contribution in [0.25, 0.3) is 21.8 Å². The second-order valence-corrected chi connectivity index (χ2v) is 7.40. The first-order chi connectivity index (χ1) is 12.8. The van der Waals surface area contributed by atoms with Crippen molar-refractivity contribution in [2.45, 2.75) is 6.17 Å². The molecule has 126 valence electrons. The van der Waals surface area contributed by atoms with Crippen LogP contribution in [-0.4, -0.2) is 9.13 Å². The van der Waals surface area contributed by atoms with Crippen LogP contribution in [0.15, 0.2) is 102 Å². The van der Waals surface area contributed by atoms with Gasteiger partial charge in [-0.05, 0) is 52.7 Å². The van der Waals surface area contributed by atoms with Gasteiger partial charge in [0.05, 0.1) is 11.0 Å². The Bertz CT molecular complexity index is 1120. The summed E-state index contributed by atoms with van der Waals surface area (Å²) in [6.07, 6.45) is 4.43. The molecule has 3 aromatic carbocycles. The lowest BCUT2D eigenvalue weighted by Crippen LogP contribution is -2.18. The average molecular weight is 401 g/mol. The van der Waals surface area contributed by atoms with E-state index in [2.05, 4.69) is 122 Å². The minimum Gasteiger partial charge on any atom is -0.322 e. The van der Waals surface area contributed by atoms with E-state index in [0.29, 0.717) is 0 Å². The first kappa shape index (κ1) is 15.5. The topological polar surface area (TPSA) is 9.86 Å². The first-order valence-corrected chi connectivity index (χ1v) is 9.47. The highest BCUT2D eigenvalue weighted by molar-refractivity contribution is 9.10.